The molecule has 2 saturated heterocycles. The van der Waals surface area contributed by atoms with E-state index in [4.69, 9.17) is 9.47 Å². The quantitative estimate of drug-likeness (QED) is 0.635. The molecule has 1 atom stereocenters. The van der Waals surface area contributed by atoms with Gasteiger partial charge in [-0.15, -0.1) is 0 Å². The number of amidine groups is 1. The van der Waals surface area contributed by atoms with Gasteiger partial charge in [-0.1, -0.05) is 0 Å². The monoisotopic (exact) mass is 378 g/mol. The SMILES string of the molecule is CC(=O)NC(C)=NC[C@H]1CN(c2ccc(N3CCOCC3)c(F)c2)C(=O)O1. The molecule has 2 heterocycles. The third-order valence-electron chi connectivity index (χ3n) is 4.36. The molecule has 1 N–H and O–H groups in total. The predicted molar refractivity (Wildman–Crippen MR) is 98.8 cm³/mol. The van der Waals surface area contributed by atoms with Gasteiger partial charge < -0.3 is 19.7 Å². The first kappa shape index (κ1) is 19.1. The first-order chi connectivity index (χ1) is 12.9. The standard InChI is InChI=1S/C18H23FN4O4/c1-12(21-13(2)24)20-10-15-11-23(18(25)27-15)14-3-4-17(16(19)9-14)22-5-7-26-8-6-22/h3-4,9,15H,5-8,10-11H2,1-2H3,(H,20,21,24)/t15-/m0/s1. The number of amides is 2. The number of anilines is 2. The maximum absolute atomic E-state index is 14.6. The number of nitrogens with zero attached hydrogens (tertiary/aromatic N) is 3. The van der Waals surface area contributed by atoms with Crippen LogP contribution >= 0.6 is 0 Å². The van der Waals surface area contributed by atoms with Crippen LogP contribution in [0, 0.1) is 5.82 Å². The van der Waals surface area contributed by atoms with Gasteiger partial charge in [-0.2, -0.15) is 0 Å². The van der Waals surface area contributed by atoms with Crippen molar-refractivity contribution in [3.05, 3.63) is 24.0 Å². The minimum absolute atomic E-state index is 0.211. The molecule has 2 aliphatic rings. The summed E-state index contributed by atoms with van der Waals surface area (Å²) in [6.07, 6.45) is -0.992. The Bertz CT molecular complexity index is 749. The summed E-state index contributed by atoms with van der Waals surface area (Å²) in [7, 11) is 0. The van der Waals surface area contributed by atoms with Gasteiger partial charge in [0.25, 0.3) is 0 Å². The van der Waals surface area contributed by atoms with Crippen molar-refractivity contribution < 1.29 is 23.5 Å². The molecule has 146 valence electrons. The number of nitrogens with one attached hydrogen (secondary N) is 1. The van der Waals surface area contributed by atoms with Crippen molar-refractivity contribution in [2.45, 2.75) is 20.0 Å². The second-order valence-electron chi connectivity index (χ2n) is 6.46. The lowest BCUT2D eigenvalue weighted by Gasteiger charge is -2.29. The normalized spacial score (nSPS) is 20.6. The van der Waals surface area contributed by atoms with E-state index in [0.717, 1.165) is 0 Å². The van der Waals surface area contributed by atoms with Crippen LogP contribution in [0.2, 0.25) is 0 Å². The van der Waals surface area contributed by atoms with Crippen LogP contribution in [-0.4, -0.2) is 63.3 Å². The van der Waals surface area contributed by atoms with Gasteiger partial charge in [0.15, 0.2) is 0 Å². The Morgan fingerprint density at radius 3 is 2.74 bits per heavy atom. The van der Waals surface area contributed by atoms with Crippen LogP contribution in [0.25, 0.3) is 0 Å². The number of rotatable bonds is 4. The molecule has 0 saturated carbocycles. The summed E-state index contributed by atoms with van der Waals surface area (Å²) >= 11 is 0. The third-order valence-corrected chi connectivity index (χ3v) is 4.36. The molecule has 0 spiro atoms. The number of aliphatic imine (C=N–C) groups is 1. The highest BCUT2D eigenvalue weighted by molar-refractivity contribution is 5.95. The topological polar surface area (TPSA) is 83.5 Å². The molecule has 2 fully saturated rings. The Kier molecular flexibility index (Phi) is 5.90. The highest BCUT2D eigenvalue weighted by Gasteiger charge is 2.32. The number of hydrogen-bond donors (Lipinski definition) is 1. The second kappa shape index (κ2) is 8.34. The Balaban J connectivity index is 1.65. The molecule has 0 aromatic heterocycles. The van der Waals surface area contributed by atoms with Crippen LogP contribution in [0.1, 0.15) is 13.8 Å². The van der Waals surface area contributed by atoms with Gasteiger partial charge in [0.05, 0.1) is 43.5 Å². The lowest BCUT2D eigenvalue weighted by molar-refractivity contribution is -0.117. The average Bonchev–Trinajstić information content (AvgIpc) is 3.01. The minimum atomic E-state index is -0.536. The summed E-state index contributed by atoms with van der Waals surface area (Å²) in [6, 6.07) is 4.74. The van der Waals surface area contributed by atoms with E-state index >= 15 is 0 Å². The van der Waals surface area contributed by atoms with Gasteiger partial charge in [-0.05, 0) is 25.1 Å². The highest BCUT2D eigenvalue weighted by atomic mass is 19.1. The zero-order valence-electron chi connectivity index (χ0n) is 15.4. The van der Waals surface area contributed by atoms with E-state index in [1.54, 1.807) is 19.1 Å². The van der Waals surface area contributed by atoms with Crippen molar-refractivity contribution in [2.75, 3.05) is 49.2 Å². The molecular weight excluding hydrogens is 355 g/mol. The molecule has 2 amide bonds. The van der Waals surface area contributed by atoms with Crippen LogP contribution in [0.3, 0.4) is 0 Å². The van der Waals surface area contributed by atoms with E-state index in [1.807, 2.05) is 4.90 Å². The lowest BCUT2D eigenvalue weighted by Crippen LogP contribution is -2.36. The van der Waals surface area contributed by atoms with Crippen molar-refractivity contribution >= 4 is 29.2 Å². The maximum atomic E-state index is 14.6. The number of carbonyl (C=O) groups excluding carboxylic acids is 2. The Labute approximate surface area is 156 Å². The van der Waals surface area contributed by atoms with E-state index in [2.05, 4.69) is 10.3 Å². The predicted octanol–water partition coefficient (Wildman–Crippen LogP) is 1.54. The fourth-order valence-electron chi connectivity index (χ4n) is 3.08. The molecule has 3 rings (SSSR count). The lowest BCUT2D eigenvalue weighted by atomic mass is 10.2. The molecule has 27 heavy (non-hydrogen) atoms. The molecule has 0 radical (unpaired) electrons. The largest absolute Gasteiger partial charge is 0.442 e. The van der Waals surface area contributed by atoms with Gasteiger partial charge in [0.2, 0.25) is 5.91 Å². The summed E-state index contributed by atoms with van der Waals surface area (Å²) in [5.41, 5.74) is 0.946. The number of ether oxygens (including phenoxy) is 2. The fourth-order valence-corrected chi connectivity index (χ4v) is 3.08. The van der Waals surface area contributed by atoms with Crippen LogP contribution in [0.15, 0.2) is 23.2 Å². The van der Waals surface area contributed by atoms with E-state index in [1.165, 1.54) is 17.9 Å². The summed E-state index contributed by atoms with van der Waals surface area (Å²) in [5, 5.41) is 2.56. The smallest absolute Gasteiger partial charge is 0.414 e. The maximum Gasteiger partial charge on any atom is 0.414 e. The number of benzene rings is 1. The molecule has 0 aliphatic carbocycles. The molecule has 1 aromatic carbocycles. The van der Waals surface area contributed by atoms with Crippen LogP contribution in [0.5, 0.6) is 0 Å². The Morgan fingerprint density at radius 1 is 1.33 bits per heavy atom. The number of cyclic esters (lactones) is 1. The van der Waals surface area contributed by atoms with Crippen molar-refractivity contribution in [1.29, 1.82) is 0 Å². The molecular formula is C18H23FN4O4. The average molecular weight is 378 g/mol. The zero-order valence-corrected chi connectivity index (χ0v) is 15.4. The minimum Gasteiger partial charge on any atom is -0.442 e. The van der Waals surface area contributed by atoms with Crippen molar-refractivity contribution in [3.8, 4) is 0 Å². The molecule has 2 aliphatic heterocycles. The Morgan fingerprint density at radius 2 is 2.07 bits per heavy atom. The van der Waals surface area contributed by atoms with Gasteiger partial charge >= 0.3 is 6.09 Å². The van der Waals surface area contributed by atoms with Gasteiger partial charge in [0.1, 0.15) is 11.9 Å². The summed E-state index contributed by atoms with van der Waals surface area (Å²) in [5.74, 6) is -0.139. The summed E-state index contributed by atoms with van der Waals surface area (Å²) in [6.45, 7) is 5.96. The van der Waals surface area contributed by atoms with E-state index in [9.17, 15) is 14.0 Å². The third kappa shape index (κ3) is 4.73. The number of carbonyl (C=O) groups is 2. The fraction of sp³-hybridized carbons (Fsp3) is 0.500. The van der Waals surface area contributed by atoms with Crippen molar-refractivity contribution in [3.63, 3.8) is 0 Å². The molecule has 0 unspecified atom stereocenters. The van der Waals surface area contributed by atoms with Crippen molar-refractivity contribution in [1.82, 2.24) is 5.32 Å². The van der Waals surface area contributed by atoms with E-state index in [-0.39, 0.29) is 24.8 Å². The molecule has 0 bridgehead atoms. The first-order valence-electron chi connectivity index (χ1n) is 8.83. The number of morpholine rings is 1. The first-order valence-corrected chi connectivity index (χ1v) is 8.83. The van der Waals surface area contributed by atoms with Crippen molar-refractivity contribution in [2.24, 2.45) is 4.99 Å². The number of halogens is 1. The highest BCUT2D eigenvalue weighted by Crippen LogP contribution is 2.28. The molecule has 9 heteroatoms. The van der Waals surface area contributed by atoms with Gasteiger partial charge in [-0.3, -0.25) is 14.7 Å². The Hall–Kier alpha value is -2.68. The van der Waals surface area contributed by atoms with Gasteiger partial charge in [0, 0.05) is 20.0 Å². The second-order valence-corrected chi connectivity index (χ2v) is 6.46. The molecule has 1 aromatic rings. The summed E-state index contributed by atoms with van der Waals surface area (Å²) in [4.78, 5) is 30.6. The van der Waals surface area contributed by atoms with E-state index in [0.29, 0.717) is 43.5 Å². The van der Waals surface area contributed by atoms with Crippen LogP contribution in [0.4, 0.5) is 20.6 Å². The van der Waals surface area contributed by atoms with Crippen LogP contribution < -0.4 is 15.1 Å². The van der Waals surface area contributed by atoms with Crippen LogP contribution in [-0.2, 0) is 14.3 Å². The molecule has 8 nitrogen and oxygen atoms in total. The van der Waals surface area contributed by atoms with Gasteiger partial charge in [-0.25, -0.2) is 9.18 Å². The zero-order chi connectivity index (χ0) is 19.4. The van der Waals surface area contributed by atoms with E-state index < -0.39 is 12.2 Å². The number of hydrogen-bond acceptors (Lipinski definition) is 6. The summed E-state index contributed by atoms with van der Waals surface area (Å²) < 4.78 is 25.1.